The van der Waals surface area contributed by atoms with Gasteiger partial charge in [-0.25, -0.2) is 8.42 Å². The summed E-state index contributed by atoms with van der Waals surface area (Å²) in [6, 6.07) is 12.6. The lowest BCUT2D eigenvalue weighted by molar-refractivity contribution is -0.122. The van der Waals surface area contributed by atoms with Crippen LogP contribution in [0.1, 0.15) is 18.9 Å². The lowest BCUT2D eigenvalue weighted by Gasteiger charge is -2.28. The van der Waals surface area contributed by atoms with E-state index < -0.39 is 27.1 Å². The summed E-state index contributed by atoms with van der Waals surface area (Å²) < 4.78 is 26.9. The van der Waals surface area contributed by atoms with E-state index in [2.05, 4.69) is 4.98 Å². The van der Waals surface area contributed by atoms with E-state index in [-0.39, 0.29) is 18.7 Å². The third-order valence-corrected chi connectivity index (χ3v) is 6.44. The van der Waals surface area contributed by atoms with Crippen LogP contribution in [0.15, 0.2) is 54.9 Å². The smallest absolute Gasteiger partial charge is 0.239 e. The predicted octanol–water partition coefficient (Wildman–Crippen LogP) is 1.51. The van der Waals surface area contributed by atoms with Crippen molar-refractivity contribution in [1.82, 2.24) is 9.71 Å². The first-order valence-electron chi connectivity index (χ1n) is 8.72. The standard InChI is InChI=1S/C19H21N3O4S/c1-2-22(15-8-4-3-5-9-15)19(24)16(11-14-7-6-10-20-13-14)17-12-18(23)21-27(17,25)26/h3-10,13,16-17H,2,11-12H2,1H3,(H,21,23). The highest BCUT2D eigenvalue weighted by Crippen LogP contribution is 2.28. The number of pyridine rings is 1. The molecule has 1 fully saturated rings. The molecular formula is C19H21N3O4S. The molecule has 3 rings (SSSR count). The Morgan fingerprint density at radius 2 is 2.00 bits per heavy atom. The van der Waals surface area contributed by atoms with Gasteiger partial charge in [0.15, 0.2) is 0 Å². The molecule has 7 nitrogen and oxygen atoms in total. The maximum atomic E-state index is 13.4. The molecule has 2 amide bonds. The highest BCUT2D eigenvalue weighted by molar-refractivity contribution is 7.91. The van der Waals surface area contributed by atoms with Gasteiger partial charge in [-0.2, -0.15) is 0 Å². The number of hydrogen-bond donors (Lipinski definition) is 1. The fourth-order valence-corrected chi connectivity index (χ4v) is 4.92. The van der Waals surface area contributed by atoms with Crippen molar-refractivity contribution in [2.75, 3.05) is 11.4 Å². The first-order valence-corrected chi connectivity index (χ1v) is 10.3. The molecule has 8 heteroatoms. The molecule has 0 bridgehead atoms. The Morgan fingerprint density at radius 3 is 2.56 bits per heavy atom. The molecule has 1 aliphatic heterocycles. The monoisotopic (exact) mass is 387 g/mol. The molecule has 1 aliphatic rings. The van der Waals surface area contributed by atoms with E-state index in [9.17, 15) is 18.0 Å². The number of carbonyl (C=O) groups excluding carboxylic acids is 2. The van der Waals surface area contributed by atoms with E-state index in [0.717, 1.165) is 5.56 Å². The zero-order chi connectivity index (χ0) is 19.4. The van der Waals surface area contributed by atoms with Crippen LogP contribution in [0.2, 0.25) is 0 Å². The maximum absolute atomic E-state index is 13.4. The number of anilines is 1. The second kappa shape index (κ2) is 7.87. The average molecular weight is 387 g/mol. The molecule has 1 aromatic carbocycles. The Hall–Kier alpha value is -2.74. The summed E-state index contributed by atoms with van der Waals surface area (Å²) in [4.78, 5) is 30.7. The summed E-state index contributed by atoms with van der Waals surface area (Å²) in [5.74, 6) is -1.79. The Kier molecular flexibility index (Phi) is 5.55. The van der Waals surface area contributed by atoms with Crippen LogP contribution in [-0.2, 0) is 26.0 Å². The Balaban J connectivity index is 1.98. The van der Waals surface area contributed by atoms with Crippen molar-refractivity contribution < 1.29 is 18.0 Å². The number of nitrogens with one attached hydrogen (secondary N) is 1. The lowest BCUT2D eigenvalue weighted by atomic mass is 9.93. The Morgan fingerprint density at radius 1 is 1.26 bits per heavy atom. The number of carbonyl (C=O) groups is 2. The lowest BCUT2D eigenvalue weighted by Crippen LogP contribution is -2.44. The molecule has 2 aromatic rings. The van der Waals surface area contributed by atoms with E-state index >= 15 is 0 Å². The van der Waals surface area contributed by atoms with Gasteiger partial charge in [0.1, 0.15) is 5.25 Å². The Bertz CT molecular complexity index is 916. The molecule has 2 heterocycles. The summed E-state index contributed by atoms with van der Waals surface area (Å²) in [5, 5.41) is -1.10. The number of amides is 2. The van der Waals surface area contributed by atoms with Crippen LogP contribution < -0.4 is 9.62 Å². The van der Waals surface area contributed by atoms with Gasteiger partial charge >= 0.3 is 0 Å². The molecule has 2 atom stereocenters. The van der Waals surface area contributed by atoms with Gasteiger partial charge in [-0.05, 0) is 37.1 Å². The van der Waals surface area contributed by atoms with E-state index in [0.29, 0.717) is 12.2 Å². The van der Waals surface area contributed by atoms with Crippen LogP contribution in [0.25, 0.3) is 0 Å². The molecule has 142 valence electrons. The number of benzene rings is 1. The van der Waals surface area contributed by atoms with Gasteiger partial charge in [0, 0.05) is 31.0 Å². The summed E-state index contributed by atoms with van der Waals surface area (Å²) in [6.07, 6.45) is 3.19. The van der Waals surface area contributed by atoms with Gasteiger partial charge in [-0.1, -0.05) is 24.3 Å². The van der Waals surface area contributed by atoms with Gasteiger partial charge in [-0.15, -0.1) is 0 Å². The summed E-state index contributed by atoms with van der Waals surface area (Å²) in [5.41, 5.74) is 1.44. The molecular weight excluding hydrogens is 366 g/mol. The number of aromatic nitrogens is 1. The quantitative estimate of drug-likeness (QED) is 0.810. The van der Waals surface area contributed by atoms with Crippen molar-refractivity contribution in [1.29, 1.82) is 0 Å². The van der Waals surface area contributed by atoms with Crippen molar-refractivity contribution in [3.63, 3.8) is 0 Å². The molecule has 1 saturated heterocycles. The van der Waals surface area contributed by atoms with Crippen molar-refractivity contribution >= 4 is 27.5 Å². The molecule has 1 aromatic heterocycles. The van der Waals surface area contributed by atoms with Gasteiger partial charge in [0.05, 0.1) is 5.92 Å². The van der Waals surface area contributed by atoms with E-state index in [1.807, 2.05) is 29.8 Å². The van der Waals surface area contributed by atoms with Crippen LogP contribution in [0.4, 0.5) is 5.69 Å². The van der Waals surface area contributed by atoms with Gasteiger partial charge in [0.2, 0.25) is 21.8 Å². The summed E-state index contributed by atoms with van der Waals surface area (Å²) in [6.45, 7) is 2.22. The normalized spacial score (nSPS) is 19.3. The fourth-order valence-electron chi connectivity index (χ4n) is 3.35. The van der Waals surface area contributed by atoms with Crippen molar-refractivity contribution in [2.24, 2.45) is 5.92 Å². The average Bonchev–Trinajstić information content (AvgIpc) is 2.94. The summed E-state index contributed by atoms with van der Waals surface area (Å²) >= 11 is 0. The van der Waals surface area contributed by atoms with Crippen LogP contribution >= 0.6 is 0 Å². The molecule has 27 heavy (non-hydrogen) atoms. The third kappa shape index (κ3) is 4.16. The first-order chi connectivity index (χ1) is 12.9. The molecule has 2 unspecified atom stereocenters. The van der Waals surface area contributed by atoms with Crippen LogP contribution in [0.5, 0.6) is 0 Å². The van der Waals surface area contributed by atoms with Gasteiger partial charge in [0.25, 0.3) is 0 Å². The number of rotatable bonds is 6. The van der Waals surface area contributed by atoms with E-state index in [1.54, 1.807) is 41.6 Å². The topological polar surface area (TPSA) is 96.4 Å². The minimum absolute atomic E-state index is 0.189. The molecule has 0 aliphatic carbocycles. The van der Waals surface area contributed by atoms with Crippen molar-refractivity contribution in [3.05, 3.63) is 60.4 Å². The molecule has 0 spiro atoms. The first kappa shape index (κ1) is 19.0. The number of para-hydroxylation sites is 1. The number of sulfonamides is 1. The SMILES string of the molecule is CCN(C(=O)C(Cc1cccnc1)C1CC(=O)NS1(=O)=O)c1ccccc1. The van der Waals surface area contributed by atoms with E-state index in [1.165, 1.54) is 0 Å². The molecule has 0 saturated carbocycles. The van der Waals surface area contributed by atoms with Crippen LogP contribution in [-0.4, -0.2) is 37.0 Å². The van der Waals surface area contributed by atoms with Gasteiger partial charge < -0.3 is 4.90 Å². The second-order valence-electron chi connectivity index (χ2n) is 6.40. The molecule has 0 radical (unpaired) electrons. The van der Waals surface area contributed by atoms with Crippen LogP contribution in [0, 0.1) is 5.92 Å². The highest BCUT2D eigenvalue weighted by Gasteiger charge is 2.46. The van der Waals surface area contributed by atoms with Crippen LogP contribution in [0.3, 0.4) is 0 Å². The summed E-state index contributed by atoms with van der Waals surface area (Å²) in [7, 11) is -3.89. The van der Waals surface area contributed by atoms with Gasteiger partial charge in [-0.3, -0.25) is 19.3 Å². The highest BCUT2D eigenvalue weighted by atomic mass is 32.2. The third-order valence-electron chi connectivity index (χ3n) is 4.64. The minimum atomic E-state index is -3.89. The van der Waals surface area contributed by atoms with Crippen molar-refractivity contribution in [2.45, 2.75) is 25.0 Å². The zero-order valence-electron chi connectivity index (χ0n) is 14.9. The van der Waals surface area contributed by atoms with Crippen molar-refractivity contribution in [3.8, 4) is 0 Å². The maximum Gasteiger partial charge on any atom is 0.239 e. The largest absolute Gasteiger partial charge is 0.312 e. The van der Waals surface area contributed by atoms with E-state index in [4.69, 9.17) is 0 Å². The molecule has 1 N–H and O–H groups in total. The predicted molar refractivity (Wildman–Crippen MR) is 101 cm³/mol. The number of nitrogens with zero attached hydrogens (tertiary/aromatic N) is 2. The second-order valence-corrected chi connectivity index (χ2v) is 8.30. The zero-order valence-corrected chi connectivity index (χ0v) is 15.7. The minimum Gasteiger partial charge on any atom is -0.312 e. The number of hydrogen-bond acceptors (Lipinski definition) is 5. The Labute approximate surface area is 158 Å². The fraction of sp³-hybridized carbons (Fsp3) is 0.316.